The molecule has 116 valence electrons. The van der Waals surface area contributed by atoms with Crippen LogP contribution < -0.4 is 5.32 Å². The van der Waals surface area contributed by atoms with Crippen molar-refractivity contribution in [3.63, 3.8) is 0 Å². The second kappa shape index (κ2) is 6.20. The minimum Gasteiger partial charge on any atom is -0.504 e. The van der Waals surface area contributed by atoms with Crippen molar-refractivity contribution in [1.82, 2.24) is 9.88 Å². The number of nitrogens with zero attached hydrogens (tertiary/aromatic N) is 2. The van der Waals surface area contributed by atoms with Gasteiger partial charge in [-0.2, -0.15) is 0 Å². The summed E-state index contributed by atoms with van der Waals surface area (Å²) in [5.74, 6) is 0.951. The molecular formula is C15H23N3O3. The zero-order chi connectivity index (χ0) is 15.5. The van der Waals surface area contributed by atoms with E-state index in [1.807, 2.05) is 20.8 Å². The van der Waals surface area contributed by atoms with Crippen LogP contribution in [0.4, 0.5) is 10.6 Å². The van der Waals surface area contributed by atoms with Crippen molar-refractivity contribution in [3.8, 4) is 5.75 Å². The summed E-state index contributed by atoms with van der Waals surface area (Å²) in [6, 6.07) is 3.28. The summed E-state index contributed by atoms with van der Waals surface area (Å²) in [7, 11) is 0. The van der Waals surface area contributed by atoms with Crippen molar-refractivity contribution in [1.29, 1.82) is 0 Å². The smallest absolute Gasteiger partial charge is 0.410 e. The van der Waals surface area contributed by atoms with Crippen LogP contribution >= 0.6 is 0 Å². The van der Waals surface area contributed by atoms with Crippen molar-refractivity contribution in [2.75, 3.05) is 25.0 Å². The van der Waals surface area contributed by atoms with Crippen LogP contribution in [0.1, 0.15) is 27.2 Å². The summed E-state index contributed by atoms with van der Waals surface area (Å²) in [5, 5.41) is 12.8. The van der Waals surface area contributed by atoms with Crippen LogP contribution in [0.3, 0.4) is 0 Å². The van der Waals surface area contributed by atoms with Gasteiger partial charge >= 0.3 is 6.09 Å². The third-order valence-electron chi connectivity index (χ3n) is 3.28. The lowest BCUT2D eigenvalue weighted by Gasteiger charge is -2.24. The zero-order valence-corrected chi connectivity index (χ0v) is 12.8. The molecule has 0 aromatic carbocycles. The second-order valence-corrected chi connectivity index (χ2v) is 6.33. The number of carbonyl (C=O) groups is 1. The second-order valence-electron chi connectivity index (χ2n) is 6.33. The van der Waals surface area contributed by atoms with E-state index in [0.29, 0.717) is 31.4 Å². The van der Waals surface area contributed by atoms with E-state index in [2.05, 4.69) is 10.3 Å². The number of likely N-dealkylation sites (tertiary alicyclic amines) is 1. The van der Waals surface area contributed by atoms with E-state index in [9.17, 15) is 9.90 Å². The highest BCUT2D eigenvalue weighted by Crippen LogP contribution is 2.22. The SMILES string of the molecule is CC(C)(C)OC(=O)N1CCC(CNc2ncccc2O)C1. The molecule has 2 rings (SSSR count). The molecule has 1 fully saturated rings. The normalized spacial score (nSPS) is 18.6. The standard InChI is InChI=1S/C15H23N3O3/c1-15(2,3)21-14(20)18-8-6-11(10-18)9-17-13-12(19)5-4-7-16-13/h4-5,7,11,19H,6,8-10H2,1-3H3,(H,16,17). The molecule has 1 aromatic rings. The van der Waals surface area contributed by atoms with E-state index >= 15 is 0 Å². The Hall–Kier alpha value is -1.98. The molecule has 0 radical (unpaired) electrons. The maximum absolute atomic E-state index is 12.0. The van der Waals surface area contributed by atoms with E-state index < -0.39 is 5.60 Å². The lowest BCUT2D eigenvalue weighted by Crippen LogP contribution is -2.35. The van der Waals surface area contributed by atoms with Crippen LogP contribution in [-0.2, 0) is 4.74 Å². The molecule has 0 bridgehead atoms. The average molecular weight is 293 g/mol. The molecule has 21 heavy (non-hydrogen) atoms. The van der Waals surface area contributed by atoms with E-state index in [0.717, 1.165) is 6.42 Å². The molecule has 1 aromatic heterocycles. The summed E-state index contributed by atoms with van der Waals surface area (Å²) in [6.07, 6.45) is 2.29. The summed E-state index contributed by atoms with van der Waals surface area (Å²) < 4.78 is 5.37. The minimum absolute atomic E-state index is 0.138. The Labute approximate surface area is 125 Å². The quantitative estimate of drug-likeness (QED) is 0.895. The molecule has 1 unspecified atom stereocenters. The van der Waals surface area contributed by atoms with Gasteiger partial charge in [0.05, 0.1) is 0 Å². The first-order valence-electron chi connectivity index (χ1n) is 7.21. The molecule has 6 heteroatoms. The van der Waals surface area contributed by atoms with Crippen molar-refractivity contribution >= 4 is 11.9 Å². The van der Waals surface area contributed by atoms with Crippen LogP contribution in [0.5, 0.6) is 5.75 Å². The number of amides is 1. The van der Waals surface area contributed by atoms with Gasteiger partial charge in [-0.05, 0) is 45.2 Å². The lowest BCUT2D eigenvalue weighted by molar-refractivity contribution is 0.0289. The van der Waals surface area contributed by atoms with E-state index in [-0.39, 0.29) is 11.8 Å². The van der Waals surface area contributed by atoms with Gasteiger partial charge in [-0.25, -0.2) is 9.78 Å². The monoisotopic (exact) mass is 293 g/mol. The van der Waals surface area contributed by atoms with E-state index in [1.165, 1.54) is 0 Å². The molecule has 2 heterocycles. The molecular weight excluding hydrogens is 270 g/mol. The van der Waals surface area contributed by atoms with Crippen LogP contribution in [0, 0.1) is 5.92 Å². The molecule has 0 saturated carbocycles. The van der Waals surface area contributed by atoms with Gasteiger partial charge in [0, 0.05) is 25.8 Å². The topological polar surface area (TPSA) is 74.7 Å². The first-order chi connectivity index (χ1) is 9.85. The number of rotatable bonds is 3. The molecule has 2 N–H and O–H groups in total. The Bertz CT molecular complexity index is 499. The van der Waals surface area contributed by atoms with E-state index in [1.54, 1.807) is 23.2 Å². The fourth-order valence-corrected chi connectivity index (χ4v) is 2.27. The Morgan fingerprint density at radius 1 is 1.57 bits per heavy atom. The van der Waals surface area contributed by atoms with Crippen LogP contribution in [0.15, 0.2) is 18.3 Å². The first-order valence-corrected chi connectivity index (χ1v) is 7.21. The van der Waals surface area contributed by atoms with Gasteiger partial charge in [0.2, 0.25) is 0 Å². The molecule has 1 aliphatic heterocycles. The number of nitrogens with one attached hydrogen (secondary N) is 1. The highest BCUT2D eigenvalue weighted by Gasteiger charge is 2.29. The third kappa shape index (κ3) is 4.51. The average Bonchev–Trinajstić information content (AvgIpc) is 2.85. The molecule has 1 amide bonds. The van der Waals surface area contributed by atoms with Crippen molar-refractivity contribution in [3.05, 3.63) is 18.3 Å². The van der Waals surface area contributed by atoms with Crippen molar-refractivity contribution in [2.45, 2.75) is 32.8 Å². The van der Waals surface area contributed by atoms with E-state index in [4.69, 9.17) is 4.74 Å². The van der Waals surface area contributed by atoms with Gasteiger partial charge in [0.25, 0.3) is 0 Å². The van der Waals surface area contributed by atoms with Crippen LogP contribution in [0.2, 0.25) is 0 Å². The third-order valence-corrected chi connectivity index (χ3v) is 3.28. The maximum Gasteiger partial charge on any atom is 0.410 e. The molecule has 1 saturated heterocycles. The lowest BCUT2D eigenvalue weighted by atomic mass is 10.1. The number of aromatic hydroxyl groups is 1. The Morgan fingerprint density at radius 3 is 3.00 bits per heavy atom. The Kier molecular flexibility index (Phi) is 4.55. The maximum atomic E-state index is 12.0. The van der Waals surface area contributed by atoms with Gasteiger partial charge in [-0.1, -0.05) is 0 Å². The first kappa shape index (κ1) is 15.4. The molecule has 1 atom stereocenters. The number of hydrogen-bond donors (Lipinski definition) is 2. The summed E-state index contributed by atoms with van der Waals surface area (Å²) in [5.41, 5.74) is -0.465. The number of carbonyl (C=O) groups excluding carboxylic acids is 1. The predicted octanol–water partition coefficient (Wildman–Crippen LogP) is 2.46. The number of hydrogen-bond acceptors (Lipinski definition) is 5. The summed E-state index contributed by atoms with van der Waals surface area (Å²) in [4.78, 5) is 17.8. The van der Waals surface area contributed by atoms with Crippen LogP contribution in [0.25, 0.3) is 0 Å². The highest BCUT2D eigenvalue weighted by molar-refractivity contribution is 5.68. The molecule has 0 spiro atoms. The summed E-state index contributed by atoms with van der Waals surface area (Å²) in [6.45, 7) is 7.63. The van der Waals surface area contributed by atoms with Gasteiger partial charge in [-0.15, -0.1) is 0 Å². The Balaban J connectivity index is 1.80. The zero-order valence-electron chi connectivity index (χ0n) is 12.8. The van der Waals surface area contributed by atoms with Gasteiger partial charge in [-0.3, -0.25) is 0 Å². The summed E-state index contributed by atoms with van der Waals surface area (Å²) >= 11 is 0. The molecule has 6 nitrogen and oxygen atoms in total. The van der Waals surface area contributed by atoms with Crippen molar-refractivity contribution < 1.29 is 14.6 Å². The van der Waals surface area contributed by atoms with Gasteiger partial charge < -0.3 is 20.1 Å². The number of aromatic nitrogens is 1. The molecule has 1 aliphatic rings. The predicted molar refractivity (Wildman–Crippen MR) is 80.3 cm³/mol. The number of ether oxygens (including phenoxy) is 1. The number of pyridine rings is 1. The van der Waals surface area contributed by atoms with Crippen LogP contribution in [-0.4, -0.2) is 46.3 Å². The minimum atomic E-state index is -0.465. The fraction of sp³-hybridized carbons (Fsp3) is 0.600. The fourth-order valence-electron chi connectivity index (χ4n) is 2.27. The van der Waals surface area contributed by atoms with Crippen molar-refractivity contribution in [2.24, 2.45) is 5.92 Å². The van der Waals surface area contributed by atoms with Gasteiger partial charge in [0.15, 0.2) is 11.6 Å². The number of anilines is 1. The largest absolute Gasteiger partial charge is 0.504 e. The Morgan fingerprint density at radius 2 is 2.33 bits per heavy atom. The van der Waals surface area contributed by atoms with Gasteiger partial charge in [0.1, 0.15) is 5.60 Å². The molecule has 0 aliphatic carbocycles. The highest BCUT2D eigenvalue weighted by atomic mass is 16.6.